The lowest BCUT2D eigenvalue weighted by Gasteiger charge is -2.20. The van der Waals surface area contributed by atoms with Crippen molar-refractivity contribution in [2.75, 3.05) is 19.7 Å². The number of nitrogens with one attached hydrogen (secondary N) is 1. The number of rotatable bonds is 3. The molecule has 1 aliphatic rings. The first kappa shape index (κ1) is 17.5. The second-order valence-corrected chi connectivity index (χ2v) is 7.29. The smallest absolute Gasteiger partial charge is 0.253 e. The Labute approximate surface area is 137 Å². The van der Waals surface area contributed by atoms with E-state index in [1.54, 1.807) is 4.90 Å². The summed E-state index contributed by atoms with van der Waals surface area (Å²) in [5, 5.41) is 12.3. The van der Waals surface area contributed by atoms with Gasteiger partial charge in [0.05, 0.1) is 6.04 Å². The SMILES string of the molecule is CC(=O)N[C@@H]1CN(C(=O)c2ccc(C(C)(C)C)cc2)C[C@H]1CO. The summed E-state index contributed by atoms with van der Waals surface area (Å²) in [6.45, 7) is 8.70. The van der Waals surface area contributed by atoms with Crippen molar-refractivity contribution in [2.45, 2.75) is 39.2 Å². The van der Waals surface area contributed by atoms with Crippen molar-refractivity contribution < 1.29 is 14.7 Å². The van der Waals surface area contributed by atoms with Crippen molar-refractivity contribution in [3.8, 4) is 0 Å². The van der Waals surface area contributed by atoms with Crippen molar-refractivity contribution >= 4 is 11.8 Å². The van der Waals surface area contributed by atoms with Gasteiger partial charge in [-0.2, -0.15) is 0 Å². The van der Waals surface area contributed by atoms with Crippen LogP contribution in [0.1, 0.15) is 43.6 Å². The second kappa shape index (κ2) is 6.71. The maximum atomic E-state index is 12.6. The molecule has 23 heavy (non-hydrogen) atoms. The molecule has 0 bridgehead atoms. The summed E-state index contributed by atoms with van der Waals surface area (Å²) < 4.78 is 0. The number of amides is 2. The minimum atomic E-state index is -0.185. The number of aliphatic hydroxyl groups excluding tert-OH is 1. The van der Waals surface area contributed by atoms with E-state index in [4.69, 9.17) is 0 Å². The van der Waals surface area contributed by atoms with Gasteiger partial charge in [0, 0.05) is 38.1 Å². The van der Waals surface area contributed by atoms with Gasteiger partial charge in [-0.25, -0.2) is 0 Å². The van der Waals surface area contributed by atoms with Gasteiger partial charge >= 0.3 is 0 Å². The molecule has 5 nitrogen and oxygen atoms in total. The molecule has 1 aromatic rings. The molecule has 1 fully saturated rings. The van der Waals surface area contributed by atoms with Gasteiger partial charge in [-0.15, -0.1) is 0 Å². The summed E-state index contributed by atoms with van der Waals surface area (Å²) in [7, 11) is 0. The van der Waals surface area contributed by atoms with Crippen LogP contribution in [0.2, 0.25) is 0 Å². The maximum absolute atomic E-state index is 12.6. The van der Waals surface area contributed by atoms with Gasteiger partial charge in [0.2, 0.25) is 5.91 Å². The molecule has 1 saturated heterocycles. The van der Waals surface area contributed by atoms with E-state index in [1.807, 2.05) is 24.3 Å². The molecule has 2 N–H and O–H groups in total. The van der Waals surface area contributed by atoms with Crippen LogP contribution in [-0.2, 0) is 10.2 Å². The Kier molecular flexibility index (Phi) is 5.09. The number of benzene rings is 1. The summed E-state index contributed by atoms with van der Waals surface area (Å²) in [4.78, 5) is 25.6. The Hall–Kier alpha value is -1.88. The molecule has 0 aromatic heterocycles. The monoisotopic (exact) mass is 318 g/mol. The van der Waals surface area contributed by atoms with Crippen LogP contribution in [-0.4, -0.2) is 47.6 Å². The lowest BCUT2D eigenvalue weighted by atomic mass is 9.86. The highest BCUT2D eigenvalue weighted by Gasteiger charge is 2.35. The van der Waals surface area contributed by atoms with Gasteiger partial charge in [0.1, 0.15) is 0 Å². The molecule has 0 saturated carbocycles. The number of aliphatic hydroxyl groups is 1. The Morgan fingerprint density at radius 2 is 1.83 bits per heavy atom. The van der Waals surface area contributed by atoms with Crippen LogP contribution in [0.3, 0.4) is 0 Å². The predicted octanol–water partition coefficient (Wildman–Crippen LogP) is 1.55. The van der Waals surface area contributed by atoms with Gasteiger partial charge in [0.25, 0.3) is 5.91 Å². The highest BCUT2D eigenvalue weighted by molar-refractivity contribution is 5.94. The van der Waals surface area contributed by atoms with E-state index in [0.29, 0.717) is 18.7 Å². The van der Waals surface area contributed by atoms with Gasteiger partial charge in [-0.3, -0.25) is 9.59 Å². The van der Waals surface area contributed by atoms with Crippen molar-refractivity contribution in [1.29, 1.82) is 0 Å². The Balaban J connectivity index is 2.10. The lowest BCUT2D eigenvalue weighted by Crippen LogP contribution is -2.40. The van der Waals surface area contributed by atoms with Crippen LogP contribution in [0, 0.1) is 5.92 Å². The standard InChI is InChI=1S/C18H26N2O3/c1-12(22)19-16-10-20(9-14(16)11-21)17(23)13-5-7-15(8-6-13)18(2,3)4/h5-8,14,16,21H,9-11H2,1-4H3,(H,19,22)/t14-,16+/m0/s1. The number of hydrogen-bond acceptors (Lipinski definition) is 3. The number of likely N-dealkylation sites (tertiary alicyclic amines) is 1. The zero-order valence-electron chi connectivity index (χ0n) is 14.3. The quantitative estimate of drug-likeness (QED) is 0.888. The maximum Gasteiger partial charge on any atom is 0.253 e. The third kappa shape index (κ3) is 4.10. The fourth-order valence-corrected chi connectivity index (χ4v) is 2.94. The number of carbonyl (C=O) groups is 2. The normalized spacial score (nSPS) is 21.3. The minimum Gasteiger partial charge on any atom is -0.396 e. The van der Waals surface area contributed by atoms with Gasteiger partial charge in [-0.1, -0.05) is 32.9 Å². The van der Waals surface area contributed by atoms with Gasteiger partial charge in [-0.05, 0) is 23.1 Å². The van der Waals surface area contributed by atoms with E-state index < -0.39 is 0 Å². The Bertz CT molecular complexity index is 575. The van der Waals surface area contributed by atoms with Gasteiger partial charge in [0.15, 0.2) is 0 Å². The van der Waals surface area contributed by atoms with E-state index >= 15 is 0 Å². The minimum absolute atomic E-state index is 0.0440. The van der Waals surface area contributed by atoms with Crippen LogP contribution < -0.4 is 5.32 Å². The van der Waals surface area contributed by atoms with E-state index in [-0.39, 0.29) is 35.8 Å². The molecular formula is C18H26N2O3. The fourth-order valence-electron chi connectivity index (χ4n) is 2.94. The van der Waals surface area contributed by atoms with Crippen molar-refractivity contribution in [2.24, 2.45) is 5.92 Å². The first-order chi connectivity index (χ1) is 10.7. The van der Waals surface area contributed by atoms with E-state index in [0.717, 1.165) is 0 Å². The van der Waals surface area contributed by atoms with Crippen LogP contribution in [0.5, 0.6) is 0 Å². The third-order valence-electron chi connectivity index (χ3n) is 4.35. The van der Waals surface area contributed by atoms with Crippen molar-refractivity contribution in [3.63, 3.8) is 0 Å². The summed E-state index contributed by atoms with van der Waals surface area (Å²) in [5.41, 5.74) is 1.87. The summed E-state index contributed by atoms with van der Waals surface area (Å²) in [6.07, 6.45) is 0. The first-order valence-corrected chi connectivity index (χ1v) is 8.00. The molecule has 2 rings (SSSR count). The molecule has 0 aliphatic carbocycles. The summed E-state index contributed by atoms with van der Waals surface area (Å²) in [6, 6.07) is 7.48. The number of hydrogen-bond donors (Lipinski definition) is 2. The molecule has 2 amide bonds. The number of nitrogens with zero attached hydrogens (tertiary/aromatic N) is 1. The Morgan fingerprint density at radius 3 is 2.30 bits per heavy atom. The first-order valence-electron chi connectivity index (χ1n) is 8.00. The number of carbonyl (C=O) groups excluding carboxylic acids is 2. The van der Waals surface area contributed by atoms with E-state index in [9.17, 15) is 14.7 Å². The third-order valence-corrected chi connectivity index (χ3v) is 4.35. The average Bonchev–Trinajstić information content (AvgIpc) is 2.88. The van der Waals surface area contributed by atoms with Crippen molar-refractivity contribution in [3.05, 3.63) is 35.4 Å². The molecule has 2 atom stereocenters. The van der Waals surface area contributed by atoms with E-state index in [2.05, 4.69) is 26.1 Å². The van der Waals surface area contributed by atoms with E-state index in [1.165, 1.54) is 12.5 Å². The molecule has 5 heteroatoms. The van der Waals surface area contributed by atoms with Crippen LogP contribution >= 0.6 is 0 Å². The molecule has 126 valence electrons. The molecule has 0 radical (unpaired) electrons. The fraction of sp³-hybridized carbons (Fsp3) is 0.556. The average molecular weight is 318 g/mol. The molecular weight excluding hydrogens is 292 g/mol. The predicted molar refractivity (Wildman–Crippen MR) is 89.2 cm³/mol. The van der Waals surface area contributed by atoms with Crippen LogP contribution in [0.25, 0.3) is 0 Å². The summed E-state index contributed by atoms with van der Waals surface area (Å²) in [5.74, 6) is -0.314. The highest BCUT2D eigenvalue weighted by Crippen LogP contribution is 2.24. The molecule has 1 aromatic carbocycles. The lowest BCUT2D eigenvalue weighted by molar-refractivity contribution is -0.119. The molecule has 0 spiro atoms. The highest BCUT2D eigenvalue weighted by atomic mass is 16.3. The van der Waals surface area contributed by atoms with Crippen LogP contribution in [0.15, 0.2) is 24.3 Å². The molecule has 1 heterocycles. The van der Waals surface area contributed by atoms with Gasteiger partial charge < -0.3 is 15.3 Å². The van der Waals surface area contributed by atoms with Crippen LogP contribution in [0.4, 0.5) is 0 Å². The molecule has 1 aliphatic heterocycles. The van der Waals surface area contributed by atoms with Crippen molar-refractivity contribution in [1.82, 2.24) is 10.2 Å². The topological polar surface area (TPSA) is 69.6 Å². The Morgan fingerprint density at radius 1 is 1.22 bits per heavy atom. The zero-order chi connectivity index (χ0) is 17.2. The second-order valence-electron chi connectivity index (χ2n) is 7.29. The largest absolute Gasteiger partial charge is 0.396 e. The molecule has 0 unspecified atom stereocenters. The summed E-state index contributed by atoms with van der Waals surface area (Å²) >= 11 is 0. The zero-order valence-corrected chi connectivity index (χ0v) is 14.3.